The molecule has 1 aromatic carbocycles. The van der Waals surface area contributed by atoms with Gasteiger partial charge in [-0.2, -0.15) is 4.31 Å². The number of aryl methyl sites for hydroxylation is 1. The Labute approximate surface area is 135 Å². The fourth-order valence-corrected chi connectivity index (χ4v) is 7.24. The second-order valence-corrected chi connectivity index (χ2v) is 10.0. The third-order valence-electron chi connectivity index (χ3n) is 4.43. The van der Waals surface area contributed by atoms with Gasteiger partial charge in [0.25, 0.3) is 0 Å². The Kier molecular flexibility index (Phi) is 4.24. The number of rotatable bonds is 2. The standard InChI is InChI=1S/C14H18FNO5S2/c1-10-3-2-4-11(15)14(10)23(19,20)16-6-8-22(17,18)13-9-21-7-5-12(13)16/h2-4,12-13H,5-9H2,1H3/t12-,13-/m0/s1. The molecule has 2 heterocycles. The molecule has 0 bridgehead atoms. The summed E-state index contributed by atoms with van der Waals surface area (Å²) in [5.74, 6) is -1.09. The lowest BCUT2D eigenvalue weighted by Crippen LogP contribution is -2.60. The van der Waals surface area contributed by atoms with Gasteiger partial charge in [0.15, 0.2) is 9.84 Å². The third kappa shape index (κ3) is 2.79. The van der Waals surface area contributed by atoms with Crippen LogP contribution in [0.1, 0.15) is 12.0 Å². The number of nitrogens with zero attached hydrogens (tertiary/aromatic N) is 1. The number of halogens is 1. The Morgan fingerprint density at radius 3 is 2.78 bits per heavy atom. The topological polar surface area (TPSA) is 80.8 Å². The van der Waals surface area contributed by atoms with Crippen LogP contribution in [0.2, 0.25) is 0 Å². The van der Waals surface area contributed by atoms with E-state index in [1.165, 1.54) is 19.1 Å². The summed E-state index contributed by atoms with van der Waals surface area (Å²) in [6.07, 6.45) is 0.288. The van der Waals surface area contributed by atoms with Crippen LogP contribution in [0, 0.1) is 12.7 Å². The van der Waals surface area contributed by atoms with Gasteiger partial charge < -0.3 is 4.74 Å². The van der Waals surface area contributed by atoms with Gasteiger partial charge in [0, 0.05) is 19.2 Å². The summed E-state index contributed by atoms with van der Waals surface area (Å²) in [5, 5.41) is -0.883. The monoisotopic (exact) mass is 363 g/mol. The van der Waals surface area contributed by atoms with E-state index in [1.807, 2.05) is 0 Å². The van der Waals surface area contributed by atoms with Gasteiger partial charge >= 0.3 is 0 Å². The smallest absolute Gasteiger partial charge is 0.246 e. The summed E-state index contributed by atoms with van der Waals surface area (Å²) in [6.45, 7) is 1.64. The summed E-state index contributed by atoms with van der Waals surface area (Å²) in [7, 11) is -7.51. The van der Waals surface area contributed by atoms with Crippen molar-refractivity contribution < 1.29 is 26.0 Å². The Bertz CT molecular complexity index is 801. The van der Waals surface area contributed by atoms with Gasteiger partial charge in [0.2, 0.25) is 10.0 Å². The number of sulfonamides is 1. The Balaban J connectivity index is 2.07. The van der Waals surface area contributed by atoms with Crippen molar-refractivity contribution >= 4 is 19.9 Å². The van der Waals surface area contributed by atoms with Crippen molar-refractivity contribution in [2.75, 3.05) is 25.5 Å². The van der Waals surface area contributed by atoms with Crippen LogP contribution >= 0.6 is 0 Å². The van der Waals surface area contributed by atoms with Crippen LogP contribution in [0.4, 0.5) is 4.39 Å². The summed E-state index contributed by atoms with van der Waals surface area (Å²) in [6, 6.07) is 3.37. The molecule has 0 saturated carbocycles. The van der Waals surface area contributed by atoms with Crippen molar-refractivity contribution in [1.82, 2.24) is 4.31 Å². The molecule has 9 heteroatoms. The van der Waals surface area contributed by atoms with E-state index in [2.05, 4.69) is 0 Å². The number of ether oxygens (including phenoxy) is 1. The largest absolute Gasteiger partial charge is 0.380 e. The molecule has 0 spiro atoms. The van der Waals surface area contributed by atoms with Gasteiger partial charge in [-0.05, 0) is 25.0 Å². The summed E-state index contributed by atoms with van der Waals surface area (Å²) >= 11 is 0. The zero-order valence-electron chi connectivity index (χ0n) is 12.6. The molecule has 2 aliphatic rings. The molecule has 2 saturated heterocycles. The Morgan fingerprint density at radius 2 is 2.09 bits per heavy atom. The second kappa shape index (κ2) is 5.80. The molecule has 0 aliphatic carbocycles. The first-order chi connectivity index (χ1) is 10.7. The van der Waals surface area contributed by atoms with Crippen LogP contribution in [-0.2, 0) is 24.6 Å². The lowest BCUT2D eigenvalue weighted by atomic mass is 10.1. The minimum Gasteiger partial charge on any atom is -0.380 e. The number of benzene rings is 1. The van der Waals surface area contributed by atoms with E-state index in [1.54, 1.807) is 0 Å². The molecule has 3 rings (SSSR count). The van der Waals surface area contributed by atoms with Crippen LogP contribution in [-0.4, -0.2) is 57.9 Å². The zero-order chi connectivity index (χ0) is 16.8. The molecule has 23 heavy (non-hydrogen) atoms. The highest BCUT2D eigenvalue weighted by Gasteiger charge is 2.48. The molecule has 2 aliphatic heterocycles. The Morgan fingerprint density at radius 1 is 1.35 bits per heavy atom. The fourth-order valence-electron chi connectivity index (χ4n) is 3.27. The van der Waals surface area contributed by atoms with E-state index in [9.17, 15) is 21.2 Å². The molecule has 2 fully saturated rings. The predicted molar refractivity (Wildman–Crippen MR) is 81.8 cm³/mol. The SMILES string of the molecule is Cc1cccc(F)c1S(=O)(=O)N1CCS(=O)(=O)[C@H]2COCC[C@@H]21. The molecule has 1 aromatic rings. The molecular formula is C14H18FNO5S2. The first kappa shape index (κ1) is 16.8. The maximum Gasteiger partial charge on any atom is 0.246 e. The van der Waals surface area contributed by atoms with Crippen LogP contribution in [0.25, 0.3) is 0 Å². The molecule has 0 radical (unpaired) electrons. The summed E-state index contributed by atoms with van der Waals surface area (Å²) in [4.78, 5) is -0.371. The van der Waals surface area contributed by atoms with Gasteiger partial charge in [0.1, 0.15) is 16.0 Å². The van der Waals surface area contributed by atoms with Crippen LogP contribution in [0.5, 0.6) is 0 Å². The second-order valence-electron chi connectivity index (χ2n) is 5.84. The quantitative estimate of drug-likeness (QED) is 0.773. The highest BCUT2D eigenvalue weighted by Crippen LogP contribution is 2.32. The molecular weight excluding hydrogens is 345 g/mol. The maximum absolute atomic E-state index is 14.1. The minimum absolute atomic E-state index is 0.0186. The van der Waals surface area contributed by atoms with E-state index in [4.69, 9.17) is 4.74 Å². The van der Waals surface area contributed by atoms with E-state index in [-0.39, 0.29) is 30.2 Å². The van der Waals surface area contributed by atoms with Crippen molar-refractivity contribution in [1.29, 1.82) is 0 Å². The van der Waals surface area contributed by atoms with Gasteiger partial charge in [-0.1, -0.05) is 12.1 Å². The van der Waals surface area contributed by atoms with Crippen molar-refractivity contribution in [2.24, 2.45) is 0 Å². The number of hydrogen-bond acceptors (Lipinski definition) is 5. The number of fused-ring (bicyclic) bond motifs is 1. The highest BCUT2D eigenvalue weighted by atomic mass is 32.2. The first-order valence-corrected chi connectivity index (χ1v) is 10.5. The molecule has 6 nitrogen and oxygen atoms in total. The molecule has 0 amide bonds. The number of sulfone groups is 1. The van der Waals surface area contributed by atoms with Crippen LogP contribution < -0.4 is 0 Å². The van der Waals surface area contributed by atoms with Gasteiger partial charge in [-0.15, -0.1) is 0 Å². The summed E-state index contributed by atoms with van der Waals surface area (Å²) in [5.41, 5.74) is 0.307. The molecule has 0 aromatic heterocycles. The predicted octanol–water partition coefficient (Wildman–Crippen LogP) is 0.711. The summed E-state index contributed by atoms with van der Waals surface area (Å²) < 4.78 is 70.7. The van der Waals surface area contributed by atoms with Crippen LogP contribution in [0.3, 0.4) is 0 Å². The third-order valence-corrected chi connectivity index (χ3v) is 8.66. The molecule has 128 valence electrons. The van der Waals surface area contributed by atoms with Crippen molar-refractivity contribution in [3.8, 4) is 0 Å². The van der Waals surface area contributed by atoms with E-state index in [0.29, 0.717) is 12.2 Å². The van der Waals surface area contributed by atoms with Gasteiger partial charge in [-0.3, -0.25) is 0 Å². The van der Waals surface area contributed by atoms with Crippen molar-refractivity contribution in [3.63, 3.8) is 0 Å². The lowest BCUT2D eigenvalue weighted by molar-refractivity contribution is 0.0589. The van der Waals surface area contributed by atoms with Gasteiger partial charge in [-0.25, -0.2) is 21.2 Å². The van der Waals surface area contributed by atoms with Crippen molar-refractivity contribution in [3.05, 3.63) is 29.6 Å². The number of hydrogen-bond donors (Lipinski definition) is 0. The molecule has 2 atom stereocenters. The molecule has 0 unspecified atom stereocenters. The van der Waals surface area contributed by atoms with Crippen molar-refractivity contribution in [2.45, 2.75) is 29.5 Å². The lowest BCUT2D eigenvalue weighted by Gasteiger charge is -2.42. The fraction of sp³-hybridized carbons (Fsp3) is 0.571. The first-order valence-electron chi connectivity index (χ1n) is 7.31. The average molecular weight is 363 g/mol. The minimum atomic E-state index is -4.11. The maximum atomic E-state index is 14.1. The zero-order valence-corrected chi connectivity index (χ0v) is 14.2. The Hall–Kier alpha value is -1.03. The van der Waals surface area contributed by atoms with E-state index < -0.39 is 37.0 Å². The van der Waals surface area contributed by atoms with E-state index >= 15 is 0 Å². The molecule has 0 N–H and O–H groups in total. The highest BCUT2D eigenvalue weighted by molar-refractivity contribution is 7.92. The van der Waals surface area contributed by atoms with Crippen LogP contribution in [0.15, 0.2) is 23.1 Å². The van der Waals surface area contributed by atoms with Gasteiger partial charge in [0.05, 0.1) is 12.4 Å². The average Bonchev–Trinajstić information content (AvgIpc) is 2.46. The van der Waals surface area contributed by atoms with E-state index in [0.717, 1.165) is 10.4 Å². The normalized spacial score (nSPS) is 28.3.